The third-order valence-electron chi connectivity index (χ3n) is 3.60. The minimum absolute atomic E-state index is 0.101. The van der Waals surface area contributed by atoms with E-state index in [9.17, 15) is 4.79 Å². The van der Waals surface area contributed by atoms with Crippen molar-refractivity contribution in [1.29, 1.82) is 0 Å². The van der Waals surface area contributed by atoms with Crippen LogP contribution < -0.4 is 15.4 Å². The first-order valence-corrected chi connectivity index (χ1v) is 7.95. The highest BCUT2D eigenvalue weighted by atomic mass is 16.5. The van der Waals surface area contributed by atoms with E-state index < -0.39 is 6.04 Å². The Kier molecular flexibility index (Phi) is 6.63. The number of nitrogens with one attached hydrogen (secondary N) is 2. The van der Waals surface area contributed by atoms with Crippen molar-refractivity contribution in [3.05, 3.63) is 54.1 Å². The summed E-state index contributed by atoms with van der Waals surface area (Å²) >= 11 is 0. The van der Waals surface area contributed by atoms with Gasteiger partial charge in [-0.15, -0.1) is 0 Å². The first-order valence-electron chi connectivity index (χ1n) is 7.95. The summed E-state index contributed by atoms with van der Waals surface area (Å²) in [5.41, 5.74) is 2.63. The quantitative estimate of drug-likeness (QED) is 0.729. The molecule has 0 aromatic heterocycles. The molecule has 0 heterocycles. The maximum atomic E-state index is 12.4. The van der Waals surface area contributed by atoms with Crippen LogP contribution in [0.25, 0.3) is 0 Å². The summed E-state index contributed by atoms with van der Waals surface area (Å²) in [5.74, 6) is 0.598. The zero-order valence-corrected chi connectivity index (χ0v) is 14.3. The SMILES string of the molecule is COCCOc1ccccc1NC(C)C(=O)Nc1ccccc1C. The van der Waals surface area contributed by atoms with Gasteiger partial charge in [0, 0.05) is 12.8 Å². The Hall–Kier alpha value is -2.53. The smallest absolute Gasteiger partial charge is 0.246 e. The van der Waals surface area contributed by atoms with Crippen molar-refractivity contribution in [1.82, 2.24) is 0 Å². The lowest BCUT2D eigenvalue weighted by Crippen LogP contribution is -2.32. The fourth-order valence-corrected chi connectivity index (χ4v) is 2.20. The molecule has 2 aromatic rings. The van der Waals surface area contributed by atoms with E-state index in [-0.39, 0.29) is 5.91 Å². The van der Waals surface area contributed by atoms with Crippen LogP contribution in [-0.4, -0.2) is 32.3 Å². The number of anilines is 2. The van der Waals surface area contributed by atoms with E-state index in [0.29, 0.717) is 19.0 Å². The van der Waals surface area contributed by atoms with Crippen molar-refractivity contribution in [2.75, 3.05) is 31.0 Å². The Morgan fingerprint density at radius 1 is 1.04 bits per heavy atom. The maximum absolute atomic E-state index is 12.4. The van der Waals surface area contributed by atoms with E-state index in [4.69, 9.17) is 9.47 Å². The van der Waals surface area contributed by atoms with Crippen molar-refractivity contribution >= 4 is 17.3 Å². The van der Waals surface area contributed by atoms with Crippen LogP contribution in [0.2, 0.25) is 0 Å². The Labute approximate surface area is 143 Å². The van der Waals surface area contributed by atoms with Crippen LogP contribution in [0.4, 0.5) is 11.4 Å². The molecular formula is C19H24N2O3. The topological polar surface area (TPSA) is 59.6 Å². The highest BCUT2D eigenvalue weighted by molar-refractivity contribution is 5.97. The van der Waals surface area contributed by atoms with Crippen molar-refractivity contribution in [3.63, 3.8) is 0 Å². The average Bonchev–Trinajstić information content (AvgIpc) is 2.58. The normalized spacial score (nSPS) is 11.6. The highest BCUT2D eigenvalue weighted by Gasteiger charge is 2.15. The van der Waals surface area contributed by atoms with E-state index in [1.165, 1.54) is 0 Å². The number of aryl methyl sites for hydroxylation is 1. The maximum Gasteiger partial charge on any atom is 0.246 e. The van der Waals surface area contributed by atoms with E-state index >= 15 is 0 Å². The molecule has 2 rings (SSSR count). The lowest BCUT2D eigenvalue weighted by molar-refractivity contribution is -0.116. The fourth-order valence-electron chi connectivity index (χ4n) is 2.20. The molecule has 128 valence electrons. The first kappa shape index (κ1) is 17.8. The molecule has 0 bridgehead atoms. The largest absolute Gasteiger partial charge is 0.489 e. The predicted octanol–water partition coefficient (Wildman–Crippen LogP) is 3.46. The minimum atomic E-state index is -0.406. The number of amides is 1. The molecule has 0 aliphatic heterocycles. The third-order valence-corrected chi connectivity index (χ3v) is 3.60. The third kappa shape index (κ3) is 4.99. The van der Waals surface area contributed by atoms with Crippen molar-refractivity contribution in [3.8, 4) is 5.75 Å². The second-order valence-corrected chi connectivity index (χ2v) is 5.51. The number of para-hydroxylation sites is 3. The van der Waals surface area contributed by atoms with Gasteiger partial charge in [-0.3, -0.25) is 4.79 Å². The summed E-state index contributed by atoms with van der Waals surface area (Å²) in [6.45, 7) is 4.75. The van der Waals surface area contributed by atoms with Crippen LogP contribution in [0.5, 0.6) is 5.75 Å². The molecule has 0 aliphatic carbocycles. The summed E-state index contributed by atoms with van der Waals surface area (Å²) in [6.07, 6.45) is 0. The van der Waals surface area contributed by atoms with Gasteiger partial charge in [0.1, 0.15) is 18.4 Å². The number of carbonyl (C=O) groups is 1. The number of methoxy groups -OCH3 is 1. The lowest BCUT2D eigenvalue weighted by Gasteiger charge is -2.18. The molecule has 0 spiro atoms. The van der Waals surface area contributed by atoms with Gasteiger partial charge >= 0.3 is 0 Å². The van der Waals surface area contributed by atoms with E-state index in [0.717, 1.165) is 16.9 Å². The van der Waals surface area contributed by atoms with Gasteiger partial charge in [0.15, 0.2) is 0 Å². The standard InChI is InChI=1S/C19H24N2O3/c1-14-8-4-5-9-16(14)21-19(22)15(2)20-17-10-6-7-11-18(17)24-13-12-23-3/h4-11,15,20H,12-13H2,1-3H3,(H,21,22). The molecule has 1 amide bonds. The fraction of sp³-hybridized carbons (Fsp3) is 0.316. The van der Waals surface area contributed by atoms with Gasteiger partial charge in [0.2, 0.25) is 5.91 Å². The van der Waals surface area contributed by atoms with Gasteiger partial charge in [-0.2, -0.15) is 0 Å². The molecule has 0 fully saturated rings. The number of rotatable bonds is 8. The van der Waals surface area contributed by atoms with Gasteiger partial charge in [-0.25, -0.2) is 0 Å². The number of hydrogen-bond acceptors (Lipinski definition) is 4. The van der Waals surface area contributed by atoms with Gasteiger partial charge < -0.3 is 20.1 Å². The van der Waals surface area contributed by atoms with E-state index in [1.807, 2.05) is 62.4 Å². The molecule has 0 aliphatic rings. The Bertz CT molecular complexity index is 673. The average molecular weight is 328 g/mol. The van der Waals surface area contributed by atoms with Crippen molar-refractivity contribution in [2.24, 2.45) is 0 Å². The first-order chi connectivity index (χ1) is 11.6. The summed E-state index contributed by atoms with van der Waals surface area (Å²) in [4.78, 5) is 12.4. The minimum Gasteiger partial charge on any atom is -0.489 e. The molecule has 1 unspecified atom stereocenters. The van der Waals surface area contributed by atoms with Crippen molar-refractivity contribution in [2.45, 2.75) is 19.9 Å². The molecule has 2 N–H and O–H groups in total. The molecule has 0 saturated heterocycles. The summed E-state index contributed by atoms with van der Waals surface area (Å²) in [7, 11) is 1.63. The van der Waals surface area contributed by atoms with Crippen LogP contribution >= 0.6 is 0 Å². The van der Waals surface area contributed by atoms with Gasteiger partial charge in [-0.1, -0.05) is 30.3 Å². The molecule has 1 atom stereocenters. The highest BCUT2D eigenvalue weighted by Crippen LogP contribution is 2.24. The molecule has 5 nitrogen and oxygen atoms in total. The number of benzene rings is 2. The molecule has 5 heteroatoms. The van der Waals surface area contributed by atoms with Crippen LogP contribution in [0, 0.1) is 6.92 Å². The predicted molar refractivity (Wildman–Crippen MR) is 96.7 cm³/mol. The molecule has 2 aromatic carbocycles. The van der Waals surface area contributed by atoms with Crippen molar-refractivity contribution < 1.29 is 14.3 Å². The Morgan fingerprint density at radius 3 is 2.42 bits per heavy atom. The molecule has 0 saturated carbocycles. The molecule has 0 radical (unpaired) electrons. The second kappa shape index (κ2) is 8.93. The Balaban J connectivity index is 2.00. The monoisotopic (exact) mass is 328 g/mol. The molecular weight excluding hydrogens is 304 g/mol. The summed E-state index contributed by atoms with van der Waals surface area (Å²) in [5, 5.41) is 6.14. The van der Waals surface area contributed by atoms with Gasteiger partial charge in [0.25, 0.3) is 0 Å². The lowest BCUT2D eigenvalue weighted by atomic mass is 10.2. The zero-order valence-electron chi connectivity index (χ0n) is 14.3. The number of hydrogen-bond donors (Lipinski definition) is 2. The number of ether oxygens (including phenoxy) is 2. The van der Waals surface area contributed by atoms with E-state index in [1.54, 1.807) is 7.11 Å². The van der Waals surface area contributed by atoms with Crippen LogP contribution in [0.3, 0.4) is 0 Å². The molecule has 24 heavy (non-hydrogen) atoms. The Morgan fingerprint density at radius 2 is 1.71 bits per heavy atom. The second-order valence-electron chi connectivity index (χ2n) is 5.51. The summed E-state index contributed by atoms with van der Waals surface area (Å²) < 4.78 is 10.7. The van der Waals surface area contributed by atoms with Crippen LogP contribution in [0.15, 0.2) is 48.5 Å². The van der Waals surface area contributed by atoms with E-state index in [2.05, 4.69) is 10.6 Å². The van der Waals surface area contributed by atoms with Crippen LogP contribution in [-0.2, 0) is 9.53 Å². The summed E-state index contributed by atoms with van der Waals surface area (Å²) in [6, 6.07) is 14.8. The number of carbonyl (C=O) groups excluding carboxylic acids is 1. The van der Waals surface area contributed by atoms with Gasteiger partial charge in [0.05, 0.1) is 12.3 Å². The van der Waals surface area contributed by atoms with Gasteiger partial charge in [-0.05, 0) is 37.6 Å². The zero-order chi connectivity index (χ0) is 17.4. The van der Waals surface area contributed by atoms with Crippen LogP contribution in [0.1, 0.15) is 12.5 Å².